The van der Waals surface area contributed by atoms with Gasteiger partial charge in [-0.25, -0.2) is 9.18 Å². The zero-order valence-corrected chi connectivity index (χ0v) is 12.3. The summed E-state index contributed by atoms with van der Waals surface area (Å²) in [7, 11) is 1.60. The van der Waals surface area contributed by atoms with Gasteiger partial charge in [-0.15, -0.1) is 0 Å². The van der Waals surface area contributed by atoms with Crippen molar-refractivity contribution in [3.63, 3.8) is 0 Å². The number of carbonyl (C=O) groups is 1. The fourth-order valence-electron chi connectivity index (χ4n) is 2.78. The van der Waals surface area contributed by atoms with Gasteiger partial charge < -0.3 is 10.2 Å². The van der Waals surface area contributed by atoms with E-state index < -0.39 is 0 Å². The molecule has 22 heavy (non-hydrogen) atoms. The molecule has 1 aliphatic heterocycles. The molecule has 0 fully saturated rings. The summed E-state index contributed by atoms with van der Waals surface area (Å²) in [5.74, 6) is -0.265. The highest BCUT2D eigenvalue weighted by Crippen LogP contribution is 2.35. The van der Waals surface area contributed by atoms with E-state index in [9.17, 15) is 9.18 Å². The molecule has 3 rings (SSSR count). The summed E-state index contributed by atoms with van der Waals surface area (Å²) in [4.78, 5) is 13.9. The van der Waals surface area contributed by atoms with Crippen molar-refractivity contribution in [1.82, 2.24) is 10.2 Å². The Bertz CT molecular complexity index is 712. The molecule has 3 nitrogen and oxygen atoms in total. The molecule has 1 N–H and O–H groups in total. The highest BCUT2D eigenvalue weighted by Gasteiger charge is 2.30. The highest BCUT2D eigenvalue weighted by atomic mass is 19.1. The van der Waals surface area contributed by atoms with Crippen molar-refractivity contribution in [2.24, 2.45) is 0 Å². The van der Waals surface area contributed by atoms with Crippen LogP contribution in [0.4, 0.5) is 9.18 Å². The van der Waals surface area contributed by atoms with Crippen LogP contribution in [0, 0.1) is 5.82 Å². The molecule has 112 valence electrons. The fourth-order valence-corrected chi connectivity index (χ4v) is 2.78. The summed E-state index contributed by atoms with van der Waals surface area (Å²) in [6.45, 7) is 0.389. The summed E-state index contributed by atoms with van der Waals surface area (Å²) >= 11 is 0. The number of benzene rings is 2. The second-order valence-corrected chi connectivity index (χ2v) is 5.21. The van der Waals surface area contributed by atoms with E-state index in [1.165, 1.54) is 6.07 Å². The van der Waals surface area contributed by atoms with Crippen LogP contribution in [0.1, 0.15) is 17.2 Å². The number of halogens is 1. The monoisotopic (exact) mass is 296 g/mol. The standard InChI is InChI=1S/C18H17FN2O/c1-20-18(22)21-12-14(15-9-5-6-10-16(15)19)11-17(21)13-7-3-2-4-8-13/h2-11,17H,12H2,1H3,(H,20,22). The Morgan fingerprint density at radius 2 is 1.82 bits per heavy atom. The SMILES string of the molecule is CNC(=O)N1CC(c2ccccc2F)=CC1c1ccccc1. The Labute approximate surface area is 129 Å². The number of carbonyl (C=O) groups excluding carboxylic acids is 1. The molecular formula is C18H17FN2O. The molecule has 0 bridgehead atoms. The second kappa shape index (κ2) is 6.02. The van der Waals surface area contributed by atoms with E-state index in [-0.39, 0.29) is 17.9 Å². The predicted octanol–water partition coefficient (Wildman–Crippen LogP) is 3.61. The maximum atomic E-state index is 14.0. The first-order valence-electron chi connectivity index (χ1n) is 7.19. The number of nitrogens with one attached hydrogen (secondary N) is 1. The van der Waals surface area contributed by atoms with Crippen molar-refractivity contribution in [2.75, 3.05) is 13.6 Å². The van der Waals surface area contributed by atoms with Crippen LogP contribution in [0.3, 0.4) is 0 Å². The number of hydrogen-bond acceptors (Lipinski definition) is 1. The number of hydrogen-bond donors (Lipinski definition) is 1. The number of urea groups is 1. The van der Waals surface area contributed by atoms with Crippen molar-refractivity contribution in [2.45, 2.75) is 6.04 Å². The zero-order valence-electron chi connectivity index (χ0n) is 12.3. The molecule has 0 aromatic heterocycles. The molecule has 0 aliphatic carbocycles. The van der Waals surface area contributed by atoms with E-state index in [1.807, 2.05) is 36.4 Å². The quantitative estimate of drug-likeness (QED) is 0.902. The van der Waals surface area contributed by atoms with E-state index in [2.05, 4.69) is 5.32 Å². The van der Waals surface area contributed by atoms with Crippen LogP contribution in [0.5, 0.6) is 0 Å². The molecule has 0 radical (unpaired) electrons. The van der Waals surface area contributed by atoms with Gasteiger partial charge in [-0.3, -0.25) is 0 Å². The topological polar surface area (TPSA) is 32.3 Å². The number of nitrogens with zero attached hydrogens (tertiary/aromatic N) is 1. The van der Waals surface area contributed by atoms with Gasteiger partial charge in [-0.2, -0.15) is 0 Å². The molecular weight excluding hydrogens is 279 g/mol. The van der Waals surface area contributed by atoms with Crippen molar-refractivity contribution in [1.29, 1.82) is 0 Å². The Kier molecular flexibility index (Phi) is 3.92. The largest absolute Gasteiger partial charge is 0.341 e. The van der Waals surface area contributed by atoms with E-state index in [0.717, 1.165) is 11.1 Å². The molecule has 0 saturated heterocycles. The van der Waals surface area contributed by atoms with Gasteiger partial charge in [-0.05, 0) is 17.2 Å². The lowest BCUT2D eigenvalue weighted by atomic mass is 10.0. The minimum Gasteiger partial charge on any atom is -0.341 e. The zero-order chi connectivity index (χ0) is 15.5. The van der Waals surface area contributed by atoms with Crippen LogP contribution in [0.2, 0.25) is 0 Å². The van der Waals surface area contributed by atoms with Gasteiger partial charge in [0.1, 0.15) is 5.82 Å². The lowest BCUT2D eigenvalue weighted by Gasteiger charge is -2.24. The highest BCUT2D eigenvalue weighted by molar-refractivity contribution is 5.81. The Morgan fingerprint density at radius 1 is 1.14 bits per heavy atom. The number of amides is 2. The molecule has 1 unspecified atom stereocenters. The predicted molar refractivity (Wildman–Crippen MR) is 84.7 cm³/mol. The minimum atomic E-state index is -0.265. The first-order chi connectivity index (χ1) is 10.7. The summed E-state index contributed by atoms with van der Waals surface area (Å²) in [6, 6.07) is 16.1. The van der Waals surface area contributed by atoms with Gasteiger partial charge in [-0.1, -0.05) is 54.6 Å². The Balaban J connectivity index is 2.00. The molecule has 1 atom stereocenters. The summed E-state index contributed by atoms with van der Waals surface area (Å²) < 4.78 is 14.0. The van der Waals surface area contributed by atoms with Crippen LogP contribution in [0.25, 0.3) is 5.57 Å². The maximum Gasteiger partial charge on any atom is 0.318 e. The van der Waals surface area contributed by atoms with Gasteiger partial charge >= 0.3 is 6.03 Å². The molecule has 0 saturated carbocycles. The minimum absolute atomic E-state index is 0.170. The molecule has 4 heteroatoms. The third kappa shape index (κ3) is 2.60. The Hall–Kier alpha value is -2.62. The van der Waals surface area contributed by atoms with Gasteiger partial charge in [0.15, 0.2) is 0 Å². The summed E-state index contributed by atoms with van der Waals surface area (Å²) in [5, 5.41) is 2.65. The smallest absolute Gasteiger partial charge is 0.318 e. The second-order valence-electron chi connectivity index (χ2n) is 5.21. The number of rotatable bonds is 2. The first kappa shape index (κ1) is 14.3. The molecule has 2 aromatic carbocycles. The van der Waals surface area contributed by atoms with Crippen LogP contribution >= 0.6 is 0 Å². The van der Waals surface area contributed by atoms with Crippen molar-refractivity contribution in [3.05, 3.63) is 77.6 Å². The van der Waals surface area contributed by atoms with Gasteiger partial charge in [0.2, 0.25) is 0 Å². The van der Waals surface area contributed by atoms with Crippen molar-refractivity contribution in [3.8, 4) is 0 Å². The fraction of sp³-hybridized carbons (Fsp3) is 0.167. The molecule has 0 spiro atoms. The average Bonchev–Trinajstić information content (AvgIpc) is 3.00. The lowest BCUT2D eigenvalue weighted by Crippen LogP contribution is -2.38. The summed E-state index contributed by atoms with van der Waals surface area (Å²) in [5.41, 5.74) is 2.39. The van der Waals surface area contributed by atoms with Crippen molar-refractivity contribution < 1.29 is 9.18 Å². The van der Waals surface area contributed by atoms with Crippen LogP contribution in [-0.4, -0.2) is 24.5 Å². The summed E-state index contributed by atoms with van der Waals surface area (Å²) in [6.07, 6.45) is 1.96. The molecule has 1 aliphatic rings. The lowest BCUT2D eigenvalue weighted by molar-refractivity contribution is 0.200. The van der Waals surface area contributed by atoms with E-state index >= 15 is 0 Å². The van der Waals surface area contributed by atoms with Crippen LogP contribution < -0.4 is 5.32 Å². The normalized spacial score (nSPS) is 17.3. The van der Waals surface area contributed by atoms with Crippen molar-refractivity contribution >= 4 is 11.6 Å². The third-order valence-electron chi connectivity index (χ3n) is 3.87. The first-order valence-corrected chi connectivity index (χ1v) is 7.19. The molecule has 2 aromatic rings. The third-order valence-corrected chi connectivity index (χ3v) is 3.87. The van der Waals surface area contributed by atoms with Crippen LogP contribution in [0.15, 0.2) is 60.7 Å². The van der Waals surface area contributed by atoms with Gasteiger partial charge in [0.05, 0.1) is 6.04 Å². The molecule has 1 heterocycles. The van der Waals surface area contributed by atoms with Gasteiger partial charge in [0.25, 0.3) is 0 Å². The Morgan fingerprint density at radius 3 is 2.50 bits per heavy atom. The van der Waals surface area contributed by atoms with E-state index in [1.54, 1.807) is 30.1 Å². The average molecular weight is 296 g/mol. The van der Waals surface area contributed by atoms with E-state index in [0.29, 0.717) is 12.1 Å². The van der Waals surface area contributed by atoms with Gasteiger partial charge in [0, 0.05) is 19.2 Å². The van der Waals surface area contributed by atoms with Crippen LogP contribution in [-0.2, 0) is 0 Å². The van der Waals surface area contributed by atoms with E-state index in [4.69, 9.17) is 0 Å². The molecule has 2 amide bonds. The maximum absolute atomic E-state index is 14.0.